The van der Waals surface area contributed by atoms with Crippen molar-refractivity contribution >= 4 is 5.69 Å². The maximum atomic E-state index is 5.87. The van der Waals surface area contributed by atoms with Crippen LogP contribution in [-0.2, 0) is 0 Å². The highest BCUT2D eigenvalue weighted by atomic mass is 16.5. The lowest BCUT2D eigenvalue weighted by molar-refractivity contribution is 0.230. The van der Waals surface area contributed by atoms with E-state index in [0.29, 0.717) is 24.1 Å². The Labute approximate surface area is 102 Å². The Balaban J connectivity index is 2.59. The molecule has 1 heterocycles. The molecule has 0 radical (unpaired) electrons. The van der Waals surface area contributed by atoms with E-state index in [9.17, 15) is 0 Å². The molecule has 2 N–H and O–H groups in total. The average Bonchev–Trinajstić information content (AvgIpc) is 2.28. The molecule has 5 nitrogen and oxygen atoms in total. The quantitative estimate of drug-likeness (QED) is 0.740. The molecule has 0 saturated carbocycles. The molecule has 0 aliphatic carbocycles. The second kappa shape index (κ2) is 6.93. The lowest BCUT2D eigenvalue weighted by Gasteiger charge is -2.13. The van der Waals surface area contributed by atoms with Crippen molar-refractivity contribution in [3.8, 4) is 11.8 Å². The molecule has 0 saturated heterocycles. The van der Waals surface area contributed by atoms with E-state index < -0.39 is 0 Å². The first-order valence-electron chi connectivity index (χ1n) is 6.05. The predicted octanol–water partition coefficient (Wildman–Crippen LogP) is 2.42. The predicted molar refractivity (Wildman–Crippen MR) is 67.2 cm³/mol. The fourth-order valence-electron chi connectivity index (χ4n) is 1.32. The van der Waals surface area contributed by atoms with Crippen molar-refractivity contribution in [1.29, 1.82) is 0 Å². The first-order chi connectivity index (χ1) is 8.15. The summed E-state index contributed by atoms with van der Waals surface area (Å²) in [6, 6.07) is 0. The van der Waals surface area contributed by atoms with E-state index >= 15 is 0 Å². The molecule has 0 bridgehead atoms. The maximum absolute atomic E-state index is 5.87. The van der Waals surface area contributed by atoms with Crippen LogP contribution >= 0.6 is 0 Å². The summed E-state index contributed by atoms with van der Waals surface area (Å²) < 4.78 is 11.0. The van der Waals surface area contributed by atoms with Gasteiger partial charge in [-0.3, -0.25) is 0 Å². The number of nitrogens with zero attached hydrogens (tertiary/aromatic N) is 2. The molecule has 96 valence electrons. The summed E-state index contributed by atoms with van der Waals surface area (Å²) in [5, 5.41) is 0. The van der Waals surface area contributed by atoms with Gasteiger partial charge in [-0.25, -0.2) is 0 Å². The number of unbranched alkanes of at least 4 members (excludes halogenated alkanes) is 2. The van der Waals surface area contributed by atoms with Gasteiger partial charge >= 0.3 is 0 Å². The van der Waals surface area contributed by atoms with E-state index in [1.54, 1.807) is 0 Å². The summed E-state index contributed by atoms with van der Waals surface area (Å²) in [5.74, 6) is 0.798. The highest BCUT2D eigenvalue weighted by Crippen LogP contribution is 2.27. The minimum absolute atomic E-state index is 0.0279. The van der Waals surface area contributed by atoms with Crippen LogP contribution in [0.1, 0.15) is 40.0 Å². The highest BCUT2D eigenvalue weighted by Gasteiger charge is 2.11. The zero-order chi connectivity index (χ0) is 12.7. The molecule has 0 aromatic carbocycles. The summed E-state index contributed by atoms with van der Waals surface area (Å²) in [6.07, 6.45) is 4.73. The zero-order valence-electron chi connectivity index (χ0n) is 10.8. The van der Waals surface area contributed by atoms with Crippen molar-refractivity contribution in [2.45, 2.75) is 46.1 Å². The van der Waals surface area contributed by atoms with Gasteiger partial charge in [0.2, 0.25) is 11.8 Å². The van der Waals surface area contributed by atoms with E-state index in [4.69, 9.17) is 15.2 Å². The summed E-state index contributed by atoms with van der Waals surface area (Å²) in [7, 11) is 0. The fraction of sp³-hybridized carbons (Fsp3) is 0.667. The van der Waals surface area contributed by atoms with E-state index in [1.807, 2.05) is 13.8 Å². The second-order valence-corrected chi connectivity index (χ2v) is 4.12. The number of nitrogens with two attached hydrogens (primary N) is 1. The molecule has 0 fully saturated rings. The lowest BCUT2D eigenvalue weighted by Crippen LogP contribution is -2.11. The molecular formula is C12H21N3O2. The van der Waals surface area contributed by atoms with Gasteiger partial charge in [-0.15, -0.1) is 0 Å². The molecule has 0 unspecified atom stereocenters. The Kier molecular flexibility index (Phi) is 5.52. The Morgan fingerprint density at radius 3 is 2.59 bits per heavy atom. The SMILES string of the molecule is CCCCCOc1ncnc(OC(C)C)c1N. The van der Waals surface area contributed by atoms with Crippen molar-refractivity contribution < 1.29 is 9.47 Å². The molecule has 1 rings (SSSR count). The molecule has 1 aromatic rings. The zero-order valence-corrected chi connectivity index (χ0v) is 10.8. The number of nitrogen functional groups attached to an aromatic ring is 1. The van der Waals surface area contributed by atoms with Gasteiger partial charge in [-0.2, -0.15) is 9.97 Å². The van der Waals surface area contributed by atoms with Gasteiger partial charge in [0.05, 0.1) is 12.7 Å². The minimum Gasteiger partial charge on any atom is -0.476 e. The first-order valence-corrected chi connectivity index (χ1v) is 6.05. The molecule has 5 heteroatoms. The van der Waals surface area contributed by atoms with E-state index in [0.717, 1.165) is 19.3 Å². The first kappa shape index (κ1) is 13.5. The normalized spacial score (nSPS) is 10.6. The number of anilines is 1. The lowest BCUT2D eigenvalue weighted by atomic mass is 10.3. The van der Waals surface area contributed by atoms with Gasteiger partial charge in [0, 0.05) is 0 Å². The van der Waals surface area contributed by atoms with E-state index in [-0.39, 0.29) is 6.10 Å². The third-order valence-electron chi connectivity index (χ3n) is 2.14. The van der Waals surface area contributed by atoms with Gasteiger partial charge in [0.15, 0.2) is 5.69 Å². The summed E-state index contributed by atoms with van der Waals surface area (Å²) in [5.41, 5.74) is 6.24. The molecule has 0 spiro atoms. The molecular weight excluding hydrogens is 218 g/mol. The summed E-state index contributed by atoms with van der Waals surface area (Å²) in [4.78, 5) is 7.99. The van der Waals surface area contributed by atoms with Gasteiger partial charge in [-0.1, -0.05) is 19.8 Å². The van der Waals surface area contributed by atoms with Crippen LogP contribution in [0.5, 0.6) is 11.8 Å². The number of hydrogen-bond donors (Lipinski definition) is 1. The molecule has 0 aliphatic heterocycles. The minimum atomic E-state index is 0.0279. The van der Waals surface area contributed by atoms with Crippen LogP contribution in [0.25, 0.3) is 0 Å². The second-order valence-electron chi connectivity index (χ2n) is 4.12. The Bertz CT molecular complexity index is 343. The maximum Gasteiger partial charge on any atom is 0.244 e. The van der Waals surface area contributed by atoms with Crippen LogP contribution in [0, 0.1) is 0 Å². The van der Waals surface area contributed by atoms with Crippen LogP contribution in [-0.4, -0.2) is 22.7 Å². The number of rotatable bonds is 7. The number of hydrogen-bond acceptors (Lipinski definition) is 5. The summed E-state index contributed by atoms with van der Waals surface area (Å²) in [6.45, 7) is 6.61. The average molecular weight is 239 g/mol. The number of aromatic nitrogens is 2. The van der Waals surface area contributed by atoms with Crippen molar-refractivity contribution in [2.24, 2.45) is 0 Å². The van der Waals surface area contributed by atoms with Gasteiger partial charge < -0.3 is 15.2 Å². The Morgan fingerprint density at radius 2 is 1.94 bits per heavy atom. The standard InChI is InChI=1S/C12H21N3O2/c1-4-5-6-7-16-11-10(13)12(15-8-14-11)17-9(2)3/h8-9H,4-7,13H2,1-3H3. The largest absolute Gasteiger partial charge is 0.476 e. The summed E-state index contributed by atoms with van der Waals surface area (Å²) >= 11 is 0. The monoisotopic (exact) mass is 239 g/mol. The van der Waals surface area contributed by atoms with Gasteiger partial charge in [-0.05, 0) is 20.3 Å². The Morgan fingerprint density at radius 1 is 1.24 bits per heavy atom. The highest BCUT2D eigenvalue weighted by molar-refractivity contribution is 5.55. The third-order valence-corrected chi connectivity index (χ3v) is 2.14. The van der Waals surface area contributed by atoms with Crippen molar-refractivity contribution in [3.05, 3.63) is 6.33 Å². The van der Waals surface area contributed by atoms with Crippen molar-refractivity contribution in [1.82, 2.24) is 9.97 Å². The van der Waals surface area contributed by atoms with Crippen LogP contribution in [0.4, 0.5) is 5.69 Å². The number of ether oxygens (including phenoxy) is 2. The molecule has 0 aliphatic rings. The van der Waals surface area contributed by atoms with Crippen molar-refractivity contribution in [2.75, 3.05) is 12.3 Å². The van der Waals surface area contributed by atoms with Crippen molar-refractivity contribution in [3.63, 3.8) is 0 Å². The van der Waals surface area contributed by atoms with E-state index in [2.05, 4.69) is 16.9 Å². The third kappa shape index (κ3) is 4.46. The molecule has 1 aromatic heterocycles. The van der Waals surface area contributed by atoms with Gasteiger partial charge in [0.25, 0.3) is 0 Å². The molecule has 17 heavy (non-hydrogen) atoms. The van der Waals surface area contributed by atoms with Crippen LogP contribution in [0.15, 0.2) is 6.33 Å². The molecule has 0 amide bonds. The van der Waals surface area contributed by atoms with E-state index in [1.165, 1.54) is 6.33 Å². The smallest absolute Gasteiger partial charge is 0.244 e. The van der Waals surface area contributed by atoms with Gasteiger partial charge in [0.1, 0.15) is 6.33 Å². The topological polar surface area (TPSA) is 70.3 Å². The van der Waals surface area contributed by atoms with Crippen LogP contribution < -0.4 is 15.2 Å². The van der Waals surface area contributed by atoms with Crippen LogP contribution in [0.3, 0.4) is 0 Å². The van der Waals surface area contributed by atoms with Crippen LogP contribution in [0.2, 0.25) is 0 Å². The Hall–Kier alpha value is -1.52. The molecule has 0 atom stereocenters. The fourth-order valence-corrected chi connectivity index (χ4v) is 1.32.